The molecule has 206 valence electrons. The summed E-state index contributed by atoms with van der Waals surface area (Å²) in [4.78, 5) is 0. The van der Waals surface area contributed by atoms with E-state index in [1.165, 1.54) is 33.4 Å². The molecule has 2 aliphatic heterocycles. The Bertz CT molecular complexity index is 1570. The molecule has 0 spiro atoms. The van der Waals surface area contributed by atoms with Crippen LogP contribution in [-0.4, -0.2) is 0 Å². The second-order valence-corrected chi connectivity index (χ2v) is 13.5. The topological polar surface area (TPSA) is 70.5 Å². The lowest BCUT2D eigenvalue weighted by molar-refractivity contribution is 0.301. The zero-order valence-corrected chi connectivity index (χ0v) is 25.0. The van der Waals surface area contributed by atoms with Crippen molar-refractivity contribution in [1.29, 1.82) is 0 Å². The lowest BCUT2D eigenvalue weighted by Gasteiger charge is -2.30. The summed E-state index contributed by atoms with van der Waals surface area (Å²) >= 11 is 0. The van der Waals surface area contributed by atoms with Crippen LogP contribution in [0.15, 0.2) is 48.5 Å². The van der Waals surface area contributed by atoms with Crippen LogP contribution < -0.4 is 20.9 Å². The molecule has 2 heterocycles. The molecule has 0 bridgehead atoms. The van der Waals surface area contributed by atoms with Crippen LogP contribution in [0.5, 0.6) is 11.5 Å². The number of aryl methyl sites for hydroxylation is 2. The van der Waals surface area contributed by atoms with E-state index in [0.717, 1.165) is 44.9 Å². The second kappa shape index (κ2) is 8.79. The number of nitrogens with two attached hydrogens (primary N) is 2. The number of anilines is 2. The Kier molecular flexibility index (Phi) is 5.78. The van der Waals surface area contributed by atoms with Crippen molar-refractivity contribution in [2.75, 3.05) is 11.5 Å². The molecule has 0 saturated carbocycles. The molecule has 2 aliphatic rings. The van der Waals surface area contributed by atoms with Gasteiger partial charge in [0.25, 0.3) is 0 Å². The van der Waals surface area contributed by atoms with E-state index >= 15 is 0 Å². The standard InChI is InChI=1S/C36H40N2O2/c1-19-13-21(35(3,4)5)15-25-27(19)17-39-29-11-9-23(33(37)31(25)29)24-10-12-30-32(34(24)38)26-16-22(36(6,7)8)14-20(2)28(26)18-40-30/h9-16H,17-18,37-38H2,1-8H3. The van der Waals surface area contributed by atoms with Crippen LogP contribution in [0.1, 0.15) is 74.9 Å². The highest BCUT2D eigenvalue weighted by Gasteiger charge is 2.29. The third kappa shape index (κ3) is 4.04. The lowest BCUT2D eigenvalue weighted by atomic mass is 9.80. The van der Waals surface area contributed by atoms with Gasteiger partial charge in [-0.25, -0.2) is 0 Å². The Morgan fingerprint density at radius 1 is 0.550 bits per heavy atom. The molecule has 0 atom stereocenters. The average Bonchev–Trinajstić information content (AvgIpc) is 2.87. The van der Waals surface area contributed by atoms with Crippen molar-refractivity contribution >= 4 is 11.4 Å². The first-order valence-corrected chi connectivity index (χ1v) is 14.2. The number of fused-ring (bicyclic) bond motifs is 6. The molecule has 0 unspecified atom stereocenters. The predicted octanol–water partition coefficient (Wildman–Crippen LogP) is 8.85. The predicted molar refractivity (Wildman–Crippen MR) is 167 cm³/mol. The number of ether oxygens (including phenoxy) is 2. The fourth-order valence-electron chi connectivity index (χ4n) is 6.09. The van der Waals surface area contributed by atoms with Crippen molar-refractivity contribution < 1.29 is 9.47 Å². The molecule has 0 radical (unpaired) electrons. The molecule has 6 rings (SSSR count). The quantitative estimate of drug-likeness (QED) is 0.240. The highest BCUT2D eigenvalue weighted by Crippen LogP contribution is 2.51. The Morgan fingerprint density at radius 2 is 0.925 bits per heavy atom. The lowest BCUT2D eigenvalue weighted by Crippen LogP contribution is -2.16. The monoisotopic (exact) mass is 532 g/mol. The SMILES string of the molecule is Cc1cc(C(C)(C)C)cc2c1COc1ccc(-c3ccc4c(c3N)-c3cc(C(C)(C)C)cc(C)c3CO4)c(N)c1-2. The van der Waals surface area contributed by atoms with E-state index < -0.39 is 0 Å². The molecule has 0 amide bonds. The fraction of sp³-hybridized carbons (Fsp3) is 0.333. The summed E-state index contributed by atoms with van der Waals surface area (Å²) in [6.07, 6.45) is 0. The summed E-state index contributed by atoms with van der Waals surface area (Å²) in [6, 6.07) is 17.3. The van der Waals surface area contributed by atoms with Gasteiger partial charge in [0, 0.05) is 33.4 Å². The summed E-state index contributed by atoms with van der Waals surface area (Å²) < 4.78 is 12.4. The third-order valence-corrected chi connectivity index (χ3v) is 8.67. The molecule has 0 aromatic heterocycles. The smallest absolute Gasteiger partial charge is 0.129 e. The Labute approximate surface area is 238 Å². The normalized spacial score (nSPS) is 13.9. The highest BCUT2D eigenvalue weighted by molar-refractivity contribution is 6.01. The first-order chi connectivity index (χ1) is 18.8. The van der Waals surface area contributed by atoms with Crippen LogP contribution in [0.2, 0.25) is 0 Å². The summed E-state index contributed by atoms with van der Waals surface area (Å²) in [5.74, 6) is 1.63. The van der Waals surface area contributed by atoms with Crippen molar-refractivity contribution in [2.24, 2.45) is 0 Å². The molecule has 0 saturated heterocycles. The van der Waals surface area contributed by atoms with Crippen molar-refractivity contribution in [1.82, 2.24) is 0 Å². The van der Waals surface area contributed by atoms with Crippen molar-refractivity contribution in [3.63, 3.8) is 0 Å². The number of benzene rings is 4. The van der Waals surface area contributed by atoms with Gasteiger partial charge in [0.15, 0.2) is 0 Å². The van der Waals surface area contributed by atoms with Crippen molar-refractivity contribution in [3.8, 4) is 44.9 Å². The van der Waals surface area contributed by atoms with E-state index in [1.807, 2.05) is 24.3 Å². The Morgan fingerprint density at radius 3 is 1.27 bits per heavy atom. The number of rotatable bonds is 1. The summed E-state index contributed by atoms with van der Waals surface area (Å²) in [7, 11) is 0. The van der Waals surface area contributed by atoms with Gasteiger partial charge in [-0.2, -0.15) is 0 Å². The van der Waals surface area contributed by atoms with E-state index in [0.29, 0.717) is 24.6 Å². The first kappa shape index (κ1) is 26.3. The molecule has 0 aliphatic carbocycles. The van der Waals surface area contributed by atoms with Crippen LogP contribution in [0.4, 0.5) is 11.4 Å². The van der Waals surface area contributed by atoms with E-state index in [4.69, 9.17) is 20.9 Å². The average molecular weight is 533 g/mol. The minimum absolute atomic E-state index is 0.0188. The van der Waals surface area contributed by atoms with Gasteiger partial charge in [-0.3, -0.25) is 0 Å². The van der Waals surface area contributed by atoms with Crippen LogP contribution in [0, 0.1) is 13.8 Å². The minimum atomic E-state index is 0.0188. The molecular formula is C36H40N2O2. The van der Waals surface area contributed by atoms with Gasteiger partial charge >= 0.3 is 0 Å². The van der Waals surface area contributed by atoms with E-state index in [-0.39, 0.29) is 10.8 Å². The van der Waals surface area contributed by atoms with E-state index in [2.05, 4.69) is 79.7 Å². The van der Waals surface area contributed by atoms with Crippen LogP contribution >= 0.6 is 0 Å². The van der Waals surface area contributed by atoms with E-state index in [9.17, 15) is 0 Å². The Balaban J connectivity index is 1.57. The molecule has 40 heavy (non-hydrogen) atoms. The molecule has 4 aromatic rings. The van der Waals surface area contributed by atoms with Gasteiger partial charge in [0.2, 0.25) is 0 Å². The van der Waals surface area contributed by atoms with Gasteiger partial charge in [0.1, 0.15) is 24.7 Å². The maximum Gasteiger partial charge on any atom is 0.129 e. The molecule has 0 fully saturated rings. The summed E-state index contributed by atoms with van der Waals surface area (Å²) in [5.41, 5.74) is 28.9. The van der Waals surface area contributed by atoms with Gasteiger partial charge in [-0.1, -0.05) is 53.7 Å². The van der Waals surface area contributed by atoms with Gasteiger partial charge in [0.05, 0.1) is 11.4 Å². The van der Waals surface area contributed by atoms with Gasteiger partial charge in [-0.15, -0.1) is 0 Å². The van der Waals surface area contributed by atoms with Crippen molar-refractivity contribution in [3.05, 3.63) is 81.9 Å². The third-order valence-electron chi connectivity index (χ3n) is 8.67. The zero-order chi connectivity index (χ0) is 28.7. The van der Waals surface area contributed by atoms with E-state index in [1.54, 1.807) is 0 Å². The number of hydrogen-bond donors (Lipinski definition) is 2. The maximum absolute atomic E-state index is 7.04. The fourth-order valence-corrected chi connectivity index (χ4v) is 6.09. The second-order valence-electron chi connectivity index (χ2n) is 13.5. The molecule has 4 aromatic carbocycles. The van der Waals surface area contributed by atoms with Crippen molar-refractivity contribution in [2.45, 2.75) is 79.4 Å². The minimum Gasteiger partial charge on any atom is -0.488 e. The molecule has 4 heteroatoms. The Hall–Kier alpha value is -3.92. The van der Waals surface area contributed by atoms with Crippen LogP contribution in [0.25, 0.3) is 33.4 Å². The van der Waals surface area contributed by atoms with Gasteiger partial charge in [-0.05, 0) is 94.5 Å². The zero-order valence-electron chi connectivity index (χ0n) is 25.0. The summed E-state index contributed by atoms with van der Waals surface area (Å²) in [6.45, 7) is 18.9. The maximum atomic E-state index is 7.04. The first-order valence-electron chi connectivity index (χ1n) is 14.2. The highest BCUT2D eigenvalue weighted by atomic mass is 16.5. The molecule has 4 N–H and O–H groups in total. The van der Waals surface area contributed by atoms with Crippen LogP contribution in [0.3, 0.4) is 0 Å². The number of nitrogen functional groups attached to an aromatic ring is 2. The molecular weight excluding hydrogens is 492 g/mol. The van der Waals surface area contributed by atoms with Crippen LogP contribution in [-0.2, 0) is 24.0 Å². The number of hydrogen-bond acceptors (Lipinski definition) is 4. The van der Waals surface area contributed by atoms with Gasteiger partial charge < -0.3 is 20.9 Å². The molecule has 4 nitrogen and oxygen atoms in total. The largest absolute Gasteiger partial charge is 0.488 e. The summed E-state index contributed by atoms with van der Waals surface area (Å²) in [5, 5.41) is 0.